The largest absolute Gasteiger partial charge is 0.469 e. The first-order valence-corrected chi connectivity index (χ1v) is 8.36. The maximum Gasteiger partial charge on any atom is 0.338 e. The minimum Gasteiger partial charge on any atom is -0.469 e. The molecule has 7 heteroatoms. The highest BCUT2D eigenvalue weighted by Crippen LogP contribution is 2.11. The second kappa shape index (κ2) is 11.4. The number of methoxy groups -OCH3 is 1. The Morgan fingerprint density at radius 1 is 1.21 bits per heavy atom. The molecule has 0 saturated heterocycles. The quantitative estimate of drug-likeness (QED) is 0.402. The molecule has 24 heavy (non-hydrogen) atoms. The summed E-state index contributed by atoms with van der Waals surface area (Å²) in [4.78, 5) is 22.7. The third-order valence-electron chi connectivity index (χ3n) is 3.20. The normalized spacial score (nSPS) is 9.92. The van der Waals surface area contributed by atoms with Crippen molar-refractivity contribution in [1.82, 2.24) is 5.32 Å². The predicted octanol–water partition coefficient (Wildman–Crippen LogP) is 2.88. The molecule has 2 N–H and O–H groups in total. The van der Waals surface area contributed by atoms with E-state index in [-0.39, 0.29) is 11.9 Å². The van der Waals surface area contributed by atoms with Crippen LogP contribution in [0.25, 0.3) is 0 Å². The highest BCUT2D eigenvalue weighted by atomic mass is 32.1. The van der Waals surface area contributed by atoms with Gasteiger partial charge in [0.2, 0.25) is 0 Å². The summed E-state index contributed by atoms with van der Waals surface area (Å²) >= 11 is 5.22. The number of ether oxygens (including phenoxy) is 2. The summed E-state index contributed by atoms with van der Waals surface area (Å²) in [6.07, 6.45) is 3.07. The molecule has 0 spiro atoms. The molecule has 132 valence electrons. The van der Waals surface area contributed by atoms with Crippen molar-refractivity contribution in [2.75, 3.05) is 25.6 Å². The van der Waals surface area contributed by atoms with E-state index in [1.165, 1.54) is 7.11 Å². The first kappa shape index (κ1) is 19.9. The molecule has 0 fully saturated rings. The molecular weight excluding hydrogens is 328 g/mol. The smallest absolute Gasteiger partial charge is 0.338 e. The van der Waals surface area contributed by atoms with Gasteiger partial charge in [0.15, 0.2) is 5.11 Å². The van der Waals surface area contributed by atoms with Crippen LogP contribution in [0.5, 0.6) is 0 Å². The Labute approximate surface area is 147 Å². The maximum absolute atomic E-state index is 11.7. The van der Waals surface area contributed by atoms with Gasteiger partial charge in [-0.3, -0.25) is 4.79 Å². The fourth-order valence-corrected chi connectivity index (χ4v) is 2.21. The number of hydrogen-bond acceptors (Lipinski definition) is 5. The van der Waals surface area contributed by atoms with E-state index in [1.54, 1.807) is 25.1 Å². The second-order valence-corrected chi connectivity index (χ2v) is 5.48. The fourth-order valence-electron chi connectivity index (χ4n) is 1.99. The van der Waals surface area contributed by atoms with Crippen molar-refractivity contribution in [2.45, 2.75) is 32.6 Å². The van der Waals surface area contributed by atoms with Crippen molar-refractivity contribution in [2.24, 2.45) is 0 Å². The number of nitrogens with one attached hydrogen (secondary N) is 2. The van der Waals surface area contributed by atoms with Gasteiger partial charge >= 0.3 is 11.9 Å². The highest BCUT2D eigenvalue weighted by molar-refractivity contribution is 7.80. The Morgan fingerprint density at radius 2 is 2.00 bits per heavy atom. The molecule has 0 heterocycles. The van der Waals surface area contributed by atoms with Crippen molar-refractivity contribution >= 4 is 35.0 Å². The summed E-state index contributed by atoms with van der Waals surface area (Å²) in [5, 5.41) is 6.62. The van der Waals surface area contributed by atoms with E-state index in [0.29, 0.717) is 30.2 Å². The second-order valence-electron chi connectivity index (χ2n) is 5.07. The van der Waals surface area contributed by atoms with E-state index in [9.17, 15) is 9.59 Å². The molecule has 0 aliphatic rings. The van der Waals surface area contributed by atoms with Crippen LogP contribution < -0.4 is 10.6 Å². The topological polar surface area (TPSA) is 76.7 Å². The summed E-state index contributed by atoms with van der Waals surface area (Å²) < 4.78 is 9.55. The van der Waals surface area contributed by atoms with E-state index < -0.39 is 0 Å². The van der Waals surface area contributed by atoms with Gasteiger partial charge in [-0.05, 0) is 50.2 Å². The first-order valence-electron chi connectivity index (χ1n) is 7.95. The van der Waals surface area contributed by atoms with Crippen molar-refractivity contribution in [3.63, 3.8) is 0 Å². The Bertz CT molecular complexity index is 563. The lowest BCUT2D eigenvalue weighted by atomic mass is 10.2. The average molecular weight is 352 g/mol. The lowest BCUT2D eigenvalue weighted by Gasteiger charge is -2.11. The van der Waals surface area contributed by atoms with Crippen LogP contribution in [0.3, 0.4) is 0 Å². The van der Waals surface area contributed by atoms with E-state index >= 15 is 0 Å². The van der Waals surface area contributed by atoms with Gasteiger partial charge in [0, 0.05) is 18.7 Å². The van der Waals surface area contributed by atoms with Gasteiger partial charge in [-0.1, -0.05) is 12.5 Å². The molecule has 0 radical (unpaired) electrons. The lowest BCUT2D eigenvalue weighted by Crippen LogP contribution is -2.29. The summed E-state index contributed by atoms with van der Waals surface area (Å²) in [5.41, 5.74) is 1.20. The predicted molar refractivity (Wildman–Crippen MR) is 97.1 cm³/mol. The number of esters is 2. The number of thiocarbonyl (C=S) groups is 1. The van der Waals surface area contributed by atoms with Gasteiger partial charge in [0.25, 0.3) is 0 Å². The Hall–Kier alpha value is -2.15. The van der Waals surface area contributed by atoms with Crippen LogP contribution in [-0.4, -0.2) is 37.3 Å². The number of rotatable bonds is 9. The zero-order valence-electron chi connectivity index (χ0n) is 14.1. The van der Waals surface area contributed by atoms with Crippen molar-refractivity contribution in [3.8, 4) is 0 Å². The van der Waals surface area contributed by atoms with Crippen molar-refractivity contribution in [1.29, 1.82) is 0 Å². The summed E-state index contributed by atoms with van der Waals surface area (Å²) in [5.74, 6) is -0.535. The maximum atomic E-state index is 11.7. The Kier molecular flexibility index (Phi) is 9.45. The third-order valence-corrected chi connectivity index (χ3v) is 3.45. The number of anilines is 1. The SMILES string of the molecule is CCOC(=O)c1cccc(NC(=S)NCCCCCC(=O)OC)c1. The molecule has 0 aliphatic heterocycles. The minimum absolute atomic E-state index is 0.179. The number of benzene rings is 1. The fraction of sp³-hybridized carbons (Fsp3) is 0.471. The zero-order chi connectivity index (χ0) is 17.8. The molecule has 0 unspecified atom stereocenters. The zero-order valence-corrected chi connectivity index (χ0v) is 14.9. The van der Waals surface area contributed by atoms with Crippen LogP contribution in [0.2, 0.25) is 0 Å². The number of carbonyl (C=O) groups is 2. The molecule has 1 rings (SSSR count). The molecule has 0 atom stereocenters. The summed E-state index contributed by atoms with van der Waals surface area (Å²) in [6, 6.07) is 6.99. The van der Waals surface area contributed by atoms with Gasteiger partial charge < -0.3 is 20.1 Å². The van der Waals surface area contributed by atoms with Gasteiger partial charge in [-0.25, -0.2) is 4.79 Å². The van der Waals surface area contributed by atoms with E-state index in [1.807, 2.05) is 6.07 Å². The first-order chi connectivity index (χ1) is 11.6. The summed E-state index contributed by atoms with van der Waals surface area (Å²) in [6.45, 7) is 2.82. The van der Waals surface area contributed by atoms with Crippen LogP contribution in [0.15, 0.2) is 24.3 Å². The molecule has 0 bridgehead atoms. The Morgan fingerprint density at radius 3 is 2.71 bits per heavy atom. The van der Waals surface area contributed by atoms with Crippen molar-refractivity contribution < 1.29 is 19.1 Å². The molecule has 0 amide bonds. The highest BCUT2D eigenvalue weighted by Gasteiger charge is 2.07. The molecule has 1 aromatic carbocycles. The molecule has 0 aromatic heterocycles. The summed E-state index contributed by atoms with van der Waals surface area (Å²) in [7, 11) is 1.39. The van der Waals surface area contributed by atoms with Crippen LogP contribution >= 0.6 is 12.2 Å². The Balaban J connectivity index is 2.29. The van der Waals surface area contributed by atoms with Crippen LogP contribution in [0, 0.1) is 0 Å². The number of unbranched alkanes of at least 4 members (excludes halogenated alkanes) is 2. The molecule has 6 nitrogen and oxygen atoms in total. The van der Waals surface area contributed by atoms with E-state index in [0.717, 1.165) is 24.9 Å². The minimum atomic E-state index is -0.356. The van der Waals surface area contributed by atoms with Crippen LogP contribution in [0.1, 0.15) is 43.0 Å². The van der Waals surface area contributed by atoms with Crippen molar-refractivity contribution in [3.05, 3.63) is 29.8 Å². The van der Waals surface area contributed by atoms with Gasteiger partial charge in [-0.2, -0.15) is 0 Å². The molecule has 1 aromatic rings. The van der Waals surface area contributed by atoms with Gasteiger partial charge in [0.1, 0.15) is 0 Å². The molecule has 0 saturated carbocycles. The van der Waals surface area contributed by atoms with E-state index in [4.69, 9.17) is 17.0 Å². The average Bonchev–Trinajstić information content (AvgIpc) is 2.58. The monoisotopic (exact) mass is 352 g/mol. The third kappa shape index (κ3) is 7.92. The van der Waals surface area contributed by atoms with E-state index in [2.05, 4.69) is 15.4 Å². The number of carbonyl (C=O) groups excluding carboxylic acids is 2. The number of hydrogen-bond donors (Lipinski definition) is 2. The lowest BCUT2D eigenvalue weighted by molar-refractivity contribution is -0.140. The molecular formula is C17H24N2O4S. The van der Waals surface area contributed by atoms with Gasteiger partial charge in [0.05, 0.1) is 19.3 Å². The van der Waals surface area contributed by atoms with Crippen LogP contribution in [0.4, 0.5) is 5.69 Å². The van der Waals surface area contributed by atoms with Gasteiger partial charge in [-0.15, -0.1) is 0 Å². The standard InChI is InChI=1S/C17H24N2O4S/c1-3-23-16(21)13-8-7-9-14(12-13)19-17(24)18-11-6-4-5-10-15(20)22-2/h7-9,12H,3-6,10-11H2,1-2H3,(H2,18,19,24). The molecule has 0 aliphatic carbocycles. The van der Waals surface area contributed by atoms with Crippen LogP contribution in [-0.2, 0) is 14.3 Å².